The third kappa shape index (κ3) is 2.50. The van der Waals surface area contributed by atoms with Crippen LogP contribution in [0.15, 0.2) is 46.9 Å². The molecule has 2 N–H and O–H groups in total. The summed E-state index contributed by atoms with van der Waals surface area (Å²) in [5.74, 6) is -0.825. The number of hydrogen-bond donors (Lipinski definition) is 2. The van der Waals surface area contributed by atoms with Crippen LogP contribution < -0.4 is 5.32 Å². The molecule has 0 spiro atoms. The lowest BCUT2D eigenvalue weighted by molar-refractivity contribution is -0.130. The van der Waals surface area contributed by atoms with Gasteiger partial charge in [0.15, 0.2) is 0 Å². The monoisotopic (exact) mass is 299 g/mol. The molecule has 1 aliphatic rings. The molecule has 2 aromatic rings. The van der Waals surface area contributed by atoms with E-state index in [9.17, 15) is 9.59 Å². The fraction of sp³-hybridized carbons (Fsp3) is 0.294. The molecule has 1 aliphatic carbocycles. The average molecular weight is 299 g/mol. The van der Waals surface area contributed by atoms with Crippen LogP contribution in [0.4, 0.5) is 0 Å². The largest absolute Gasteiger partial charge is 0.475 e. The second kappa shape index (κ2) is 5.67. The quantitative estimate of drug-likeness (QED) is 0.889. The zero-order valence-corrected chi connectivity index (χ0v) is 12.0. The molecule has 0 unspecified atom stereocenters. The Hall–Kier alpha value is -2.56. The molecule has 1 amide bonds. The molecule has 1 aromatic carbocycles. The predicted octanol–water partition coefficient (Wildman–Crippen LogP) is 2.72. The number of hydrogen-bond acceptors (Lipinski definition) is 3. The van der Waals surface area contributed by atoms with Crippen molar-refractivity contribution in [1.29, 1.82) is 0 Å². The van der Waals surface area contributed by atoms with Gasteiger partial charge in [0.05, 0.1) is 12.0 Å². The summed E-state index contributed by atoms with van der Waals surface area (Å²) in [6, 6.07) is 12.7. The average Bonchev–Trinajstić information content (AvgIpc) is 2.94. The first kappa shape index (κ1) is 14.4. The topological polar surface area (TPSA) is 79.5 Å². The van der Waals surface area contributed by atoms with Crippen LogP contribution in [0.5, 0.6) is 0 Å². The van der Waals surface area contributed by atoms with E-state index in [0.717, 1.165) is 24.8 Å². The molecule has 22 heavy (non-hydrogen) atoms. The standard InChI is InChI=1S/C17H17NO4/c19-15(20)14-8-7-13(22-14)11-18-16(21)17(9-4-10-17)12-5-2-1-3-6-12/h1-3,5-8H,4,9-11H2,(H,18,21)(H,19,20). The van der Waals surface area contributed by atoms with Crippen LogP contribution in [0, 0.1) is 0 Å². The van der Waals surface area contributed by atoms with Crippen LogP contribution >= 0.6 is 0 Å². The van der Waals surface area contributed by atoms with Crippen molar-refractivity contribution < 1.29 is 19.1 Å². The summed E-state index contributed by atoms with van der Waals surface area (Å²) >= 11 is 0. The third-order valence-electron chi connectivity index (χ3n) is 4.26. The van der Waals surface area contributed by atoms with Gasteiger partial charge in [0, 0.05) is 0 Å². The second-order valence-corrected chi connectivity index (χ2v) is 5.56. The summed E-state index contributed by atoms with van der Waals surface area (Å²) in [6.07, 6.45) is 2.70. The third-order valence-corrected chi connectivity index (χ3v) is 4.26. The number of carboxylic acid groups (broad SMARTS) is 1. The Bertz CT molecular complexity index is 686. The van der Waals surface area contributed by atoms with Crippen molar-refractivity contribution in [2.45, 2.75) is 31.2 Å². The molecule has 1 heterocycles. The van der Waals surface area contributed by atoms with Gasteiger partial charge in [-0.05, 0) is 30.5 Å². The molecular formula is C17H17NO4. The van der Waals surface area contributed by atoms with E-state index < -0.39 is 11.4 Å². The zero-order chi connectivity index (χ0) is 15.6. The molecule has 0 radical (unpaired) electrons. The molecule has 5 heteroatoms. The van der Waals surface area contributed by atoms with E-state index in [1.807, 2.05) is 30.3 Å². The molecule has 1 saturated carbocycles. The van der Waals surface area contributed by atoms with Crippen LogP contribution in [0.3, 0.4) is 0 Å². The Morgan fingerprint density at radius 3 is 2.41 bits per heavy atom. The van der Waals surface area contributed by atoms with Crippen LogP contribution in [0.1, 0.15) is 41.1 Å². The molecule has 1 aromatic heterocycles. The number of amides is 1. The van der Waals surface area contributed by atoms with Gasteiger partial charge in [-0.1, -0.05) is 36.8 Å². The number of benzene rings is 1. The lowest BCUT2D eigenvalue weighted by Gasteiger charge is -2.40. The van der Waals surface area contributed by atoms with Crippen LogP contribution in [-0.4, -0.2) is 17.0 Å². The maximum Gasteiger partial charge on any atom is 0.371 e. The molecule has 114 valence electrons. The summed E-state index contributed by atoms with van der Waals surface area (Å²) in [5, 5.41) is 11.7. The van der Waals surface area contributed by atoms with Crippen LogP contribution in [0.25, 0.3) is 0 Å². The van der Waals surface area contributed by atoms with E-state index in [1.54, 1.807) is 6.07 Å². The highest BCUT2D eigenvalue weighted by molar-refractivity contribution is 5.89. The summed E-state index contributed by atoms with van der Waals surface area (Å²) in [7, 11) is 0. The van der Waals surface area contributed by atoms with Gasteiger partial charge >= 0.3 is 5.97 Å². The first-order chi connectivity index (χ1) is 10.6. The molecule has 0 atom stereocenters. The minimum Gasteiger partial charge on any atom is -0.475 e. The molecule has 0 bridgehead atoms. The lowest BCUT2D eigenvalue weighted by Crippen LogP contribution is -2.48. The van der Waals surface area contributed by atoms with Gasteiger partial charge in [-0.2, -0.15) is 0 Å². The number of carbonyl (C=O) groups is 2. The van der Waals surface area contributed by atoms with Gasteiger partial charge in [0.25, 0.3) is 0 Å². The Morgan fingerprint density at radius 2 is 1.86 bits per heavy atom. The number of carbonyl (C=O) groups excluding carboxylic acids is 1. The smallest absolute Gasteiger partial charge is 0.371 e. The van der Waals surface area contributed by atoms with Crippen LogP contribution in [-0.2, 0) is 16.8 Å². The maximum atomic E-state index is 12.6. The van der Waals surface area contributed by atoms with Crippen molar-refractivity contribution in [2.24, 2.45) is 0 Å². The number of rotatable bonds is 5. The Balaban J connectivity index is 1.69. The number of carboxylic acids is 1. The van der Waals surface area contributed by atoms with E-state index in [2.05, 4.69) is 5.32 Å². The maximum absolute atomic E-state index is 12.6. The number of aromatic carboxylic acids is 1. The molecule has 3 rings (SSSR count). The fourth-order valence-electron chi connectivity index (χ4n) is 2.86. The Morgan fingerprint density at radius 1 is 1.14 bits per heavy atom. The minimum atomic E-state index is -1.11. The summed E-state index contributed by atoms with van der Waals surface area (Å²) in [5.41, 5.74) is 0.577. The number of furan rings is 1. The second-order valence-electron chi connectivity index (χ2n) is 5.56. The molecule has 5 nitrogen and oxygen atoms in total. The van der Waals surface area contributed by atoms with Crippen molar-refractivity contribution in [1.82, 2.24) is 5.32 Å². The minimum absolute atomic E-state index is 0.0294. The van der Waals surface area contributed by atoms with E-state index >= 15 is 0 Å². The summed E-state index contributed by atoms with van der Waals surface area (Å²) in [4.78, 5) is 23.4. The van der Waals surface area contributed by atoms with Crippen molar-refractivity contribution in [3.05, 3.63) is 59.5 Å². The number of nitrogens with one attached hydrogen (secondary N) is 1. The molecular weight excluding hydrogens is 282 g/mol. The fourth-order valence-corrected chi connectivity index (χ4v) is 2.86. The van der Waals surface area contributed by atoms with Gasteiger partial charge in [0.1, 0.15) is 5.76 Å². The highest BCUT2D eigenvalue weighted by Gasteiger charge is 2.45. The summed E-state index contributed by atoms with van der Waals surface area (Å²) in [6.45, 7) is 0.195. The lowest BCUT2D eigenvalue weighted by atomic mass is 9.64. The van der Waals surface area contributed by atoms with Gasteiger partial charge in [0.2, 0.25) is 11.7 Å². The molecule has 0 saturated heterocycles. The van der Waals surface area contributed by atoms with E-state index in [-0.39, 0.29) is 18.2 Å². The first-order valence-electron chi connectivity index (χ1n) is 7.28. The van der Waals surface area contributed by atoms with Gasteiger partial charge in [-0.15, -0.1) is 0 Å². The van der Waals surface area contributed by atoms with Crippen molar-refractivity contribution in [2.75, 3.05) is 0 Å². The van der Waals surface area contributed by atoms with Gasteiger partial charge in [-0.25, -0.2) is 4.79 Å². The predicted molar refractivity (Wildman–Crippen MR) is 79.5 cm³/mol. The zero-order valence-electron chi connectivity index (χ0n) is 12.0. The Kier molecular flexibility index (Phi) is 3.71. The van der Waals surface area contributed by atoms with E-state index in [0.29, 0.717) is 5.76 Å². The van der Waals surface area contributed by atoms with Crippen molar-refractivity contribution >= 4 is 11.9 Å². The van der Waals surface area contributed by atoms with Gasteiger partial charge in [-0.3, -0.25) is 4.79 Å². The highest BCUT2D eigenvalue weighted by Crippen LogP contribution is 2.43. The van der Waals surface area contributed by atoms with E-state index in [4.69, 9.17) is 9.52 Å². The molecule has 1 fully saturated rings. The highest BCUT2D eigenvalue weighted by atomic mass is 16.4. The van der Waals surface area contributed by atoms with Crippen molar-refractivity contribution in [3.8, 4) is 0 Å². The molecule has 0 aliphatic heterocycles. The summed E-state index contributed by atoms with van der Waals surface area (Å²) < 4.78 is 5.15. The van der Waals surface area contributed by atoms with Crippen molar-refractivity contribution in [3.63, 3.8) is 0 Å². The normalized spacial score (nSPS) is 15.8. The SMILES string of the molecule is O=C(O)c1ccc(CNC(=O)C2(c3ccccc3)CCC2)o1. The first-order valence-corrected chi connectivity index (χ1v) is 7.28. The van der Waals surface area contributed by atoms with E-state index in [1.165, 1.54) is 6.07 Å². The van der Waals surface area contributed by atoms with Gasteiger partial charge < -0.3 is 14.8 Å². The Labute approximate surface area is 127 Å². The van der Waals surface area contributed by atoms with Crippen LogP contribution in [0.2, 0.25) is 0 Å².